The number of nitrogens with one attached hydrogen (secondary N) is 2. The Morgan fingerprint density at radius 2 is 2.04 bits per heavy atom. The van der Waals surface area contributed by atoms with Gasteiger partial charge in [0.05, 0.1) is 0 Å². The molecule has 126 valence electrons. The molecule has 1 aromatic carbocycles. The lowest BCUT2D eigenvalue weighted by atomic mass is 9.90. The van der Waals surface area contributed by atoms with E-state index in [9.17, 15) is 14.4 Å². The Bertz CT molecular complexity index is 765. The molecule has 24 heavy (non-hydrogen) atoms. The van der Waals surface area contributed by atoms with E-state index in [1.165, 1.54) is 0 Å². The Morgan fingerprint density at radius 3 is 2.75 bits per heavy atom. The van der Waals surface area contributed by atoms with Gasteiger partial charge < -0.3 is 4.90 Å². The summed E-state index contributed by atoms with van der Waals surface area (Å²) in [7, 11) is 0. The molecule has 1 saturated heterocycles. The zero-order chi connectivity index (χ0) is 16.9. The van der Waals surface area contributed by atoms with Gasteiger partial charge >= 0.3 is 5.69 Å². The van der Waals surface area contributed by atoms with Crippen molar-refractivity contribution in [2.75, 3.05) is 13.1 Å². The number of rotatable bonds is 5. The third-order valence-corrected chi connectivity index (χ3v) is 4.37. The van der Waals surface area contributed by atoms with E-state index in [0.29, 0.717) is 19.5 Å². The van der Waals surface area contributed by atoms with Gasteiger partial charge in [-0.1, -0.05) is 30.3 Å². The number of aryl methyl sites for hydroxylation is 1. The number of hydrogen-bond donors (Lipinski definition) is 2. The van der Waals surface area contributed by atoms with Gasteiger partial charge in [0, 0.05) is 25.4 Å². The lowest BCUT2D eigenvalue weighted by Gasteiger charge is -2.31. The summed E-state index contributed by atoms with van der Waals surface area (Å²) in [5.41, 5.74) is 0.634. The smallest absolute Gasteiger partial charge is 0.335 e. The first-order valence-electron chi connectivity index (χ1n) is 8.14. The molecule has 0 aliphatic carbocycles. The number of amides is 1. The molecule has 0 saturated carbocycles. The third-order valence-electron chi connectivity index (χ3n) is 4.37. The van der Waals surface area contributed by atoms with Crippen molar-refractivity contribution in [3.05, 3.63) is 52.2 Å². The summed E-state index contributed by atoms with van der Waals surface area (Å²) in [5, 5.41) is 5.85. The highest BCUT2D eigenvalue weighted by Gasteiger charge is 2.29. The van der Waals surface area contributed by atoms with Crippen molar-refractivity contribution in [1.29, 1.82) is 0 Å². The van der Waals surface area contributed by atoms with Crippen molar-refractivity contribution in [3.63, 3.8) is 0 Å². The number of aromatic nitrogens is 3. The normalized spacial score (nSPS) is 17.7. The van der Waals surface area contributed by atoms with E-state index < -0.39 is 5.69 Å². The fourth-order valence-electron chi connectivity index (χ4n) is 3.06. The molecule has 0 bridgehead atoms. The summed E-state index contributed by atoms with van der Waals surface area (Å²) < 4.78 is 0. The molecular formula is C17H20N4O3. The van der Waals surface area contributed by atoms with E-state index in [1.54, 1.807) is 4.90 Å². The zero-order valence-electron chi connectivity index (χ0n) is 13.3. The standard InChI is InChI=1S/C17H20N4O3/c22-14(9-8-12-5-2-1-3-6-12)13-7-4-10-21(11-13)16(23)15-18-17(24)20-19-15/h1-3,5-6,13H,4,7-11H2,(H2,18,19,20,24). The van der Waals surface area contributed by atoms with Crippen molar-refractivity contribution in [2.45, 2.75) is 25.7 Å². The molecule has 7 nitrogen and oxygen atoms in total. The van der Waals surface area contributed by atoms with Gasteiger partial charge in [-0.3, -0.25) is 14.6 Å². The number of Topliss-reactive ketones (excluding diaryl/α,β-unsaturated/α-hetero) is 1. The second-order valence-corrected chi connectivity index (χ2v) is 6.07. The molecule has 2 aromatic rings. The maximum absolute atomic E-state index is 12.5. The number of nitrogens with zero attached hydrogens (tertiary/aromatic N) is 2. The fraction of sp³-hybridized carbons (Fsp3) is 0.412. The number of benzene rings is 1. The quantitative estimate of drug-likeness (QED) is 0.860. The van der Waals surface area contributed by atoms with Crippen LogP contribution in [0.25, 0.3) is 0 Å². The first-order valence-corrected chi connectivity index (χ1v) is 8.14. The number of ketones is 1. The topological polar surface area (TPSA) is 98.9 Å². The molecule has 0 spiro atoms. The number of carbonyl (C=O) groups is 2. The molecule has 1 atom stereocenters. The molecule has 1 aliphatic rings. The second kappa shape index (κ2) is 7.25. The van der Waals surface area contributed by atoms with Crippen molar-refractivity contribution < 1.29 is 9.59 Å². The Hall–Kier alpha value is -2.70. The summed E-state index contributed by atoms with van der Waals surface area (Å²) >= 11 is 0. The average molecular weight is 328 g/mol. The first-order chi connectivity index (χ1) is 11.6. The summed E-state index contributed by atoms with van der Waals surface area (Å²) in [6.45, 7) is 0.970. The van der Waals surface area contributed by atoms with Crippen LogP contribution in [0.2, 0.25) is 0 Å². The average Bonchev–Trinajstić information content (AvgIpc) is 3.06. The molecule has 1 unspecified atom stereocenters. The van der Waals surface area contributed by atoms with Gasteiger partial charge in [0.2, 0.25) is 5.82 Å². The monoisotopic (exact) mass is 328 g/mol. The molecule has 2 N–H and O–H groups in total. The molecular weight excluding hydrogens is 308 g/mol. The van der Waals surface area contributed by atoms with Crippen LogP contribution in [0.1, 0.15) is 35.4 Å². The number of H-pyrrole nitrogens is 2. The minimum absolute atomic E-state index is 0.00242. The summed E-state index contributed by atoms with van der Waals surface area (Å²) in [6, 6.07) is 9.90. The van der Waals surface area contributed by atoms with Crippen LogP contribution >= 0.6 is 0 Å². The van der Waals surface area contributed by atoms with E-state index in [4.69, 9.17) is 0 Å². The van der Waals surface area contributed by atoms with Crippen LogP contribution in [0, 0.1) is 5.92 Å². The molecule has 1 amide bonds. The molecule has 0 radical (unpaired) electrons. The maximum atomic E-state index is 12.5. The molecule has 7 heteroatoms. The van der Waals surface area contributed by atoms with Crippen LogP contribution in [0.5, 0.6) is 0 Å². The first kappa shape index (κ1) is 16.2. The van der Waals surface area contributed by atoms with Gasteiger partial charge in [-0.05, 0) is 24.8 Å². The molecule has 1 fully saturated rings. The lowest BCUT2D eigenvalue weighted by Crippen LogP contribution is -2.42. The van der Waals surface area contributed by atoms with Gasteiger partial charge in [-0.15, -0.1) is 5.10 Å². The van der Waals surface area contributed by atoms with Gasteiger partial charge in [0.1, 0.15) is 5.78 Å². The van der Waals surface area contributed by atoms with Crippen LogP contribution < -0.4 is 5.69 Å². The number of hydrogen-bond acceptors (Lipinski definition) is 4. The van der Waals surface area contributed by atoms with E-state index in [-0.39, 0.29) is 23.4 Å². The number of carbonyl (C=O) groups excluding carboxylic acids is 2. The highest BCUT2D eigenvalue weighted by molar-refractivity contribution is 5.91. The van der Waals surface area contributed by atoms with Crippen molar-refractivity contribution >= 4 is 11.7 Å². The van der Waals surface area contributed by atoms with Crippen LogP contribution in [0.4, 0.5) is 0 Å². The molecule has 1 aliphatic heterocycles. The Kier molecular flexibility index (Phi) is 4.88. The van der Waals surface area contributed by atoms with Crippen molar-refractivity contribution in [3.8, 4) is 0 Å². The van der Waals surface area contributed by atoms with Gasteiger partial charge in [-0.25, -0.2) is 9.89 Å². The SMILES string of the molecule is O=C(CCc1ccccc1)C1CCCN(C(=O)c2n[nH]c(=O)[nH]2)C1. The lowest BCUT2D eigenvalue weighted by molar-refractivity contribution is -0.124. The van der Waals surface area contributed by atoms with Gasteiger partial charge in [0.25, 0.3) is 5.91 Å². The third kappa shape index (κ3) is 3.79. The minimum atomic E-state index is -0.508. The molecule has 3 rings (SSSR count). The number of piperidine rings is 1. The fourth-order valence-corrected chi connectivity index (χ4v) is 3.06. The summed E-state index contributed by atoms with van der Waals surface area (Å²) in [6.07, 6.45) is 2.78. The predicted octanol–water partition coefficient (Wildman–Crippen LogP) is 1.15. The molecule has 1 aromatic heterocycles. The number of likely N-dealkylation sites (tertiary alicyclic amines) is 1. The van der Waals surface area contributed by atoms with Crippen LogP contribution in [0.3, 0.4) is 0 Å². The highest BCUT2D eigenvalue weighted by Crippen LogP contribution is 2.20. The Morgan fingerprint density at radius 1 is 1.25 bits per heavy atom. The summed E-state index contributed by atoms with van der Waals surface area (Å²) in [5.74, 6) is -0.296. The Labute approximate surface area is 139 Å². The minimum Gasteiger partial charge on any atom is -0.335 e. The van der Waals surface area contributed by atoms with Crippen LogP contribution in [0.15, 0.2) is 35.1 Å². The van der Waals surface area contributed by atoms with E-state index in [1.807, 2.05) is 30.3 Å². The molecule has 2 heterocycles. The van der Waals surface area contributed by atoms with Crippen molar-refractivity contribution in [1.82, 2.24) is 20.1 Å². The zero-order valence-corrected chi connectivity index (χ0v) is 13.3. The van der Waals surface area contributed by atoms with Crippen LogP contribution in [-0.4, -0.2) is 44.9 Å². The van der Waals surface area contributed by atoms with Crippen molar-refractivity contribution in [2.24, 2.45) is 5.92 Å². The highest BCUT2D eigenvalue weighted by atomic mass is 16.2. The van der Waals surface area contributed by atoms with E-state index in [0.717, 1.165) is 24.8 Å². The predicted molar refractivity (Wildman–Crippen MR) is 87.6 cm³/mol. The van der Waals surface area contributed by atoms with Gasteiger partial charge in [-0.2, -0.15) is 0 Å². The Balaban J connectivity index is 1.57. The summed E-state index contributed by atoms with van der Waals surface area (Å²) in [4.78, 5) is 39.8. The largest absolute Gasteiger partial charge is 0.341 e. The number of aromatic amines is 2. The van der Waals surface area contributed by atoms with E-state index in [2.05, 4.69) is 15.2 Å². The second-order valence-electron chi connectivity index (χ2n) is 6.07. The van der Waals surface area contributed by atoms with Gasteiger partial charge in [0.15, 0.2) is 0 Å². The van der Waals surface area contributed by atoms with Crippen LogP contribution in [-0.2, 0) is 11.2 Å². The maximum Gasteiger partial charge on any atom is 0.341 e. The van der Waals surface area contributed by atoms with E-state index >= 15 is 0 Å².